The molecule has 1 amide bonds. The molecule has 1 aliphatic carbocycles. The molecule has 0 unspecified atom stereocenters. The Morgan fingerprint density at radius 1 is 0.970 bits per heavy atom. The van der Waals surface area contributed by atoms with Gasteiger partial charge in [0.05, 0.1) is 11.5 Å². The number of amides is 1. The predicted molar refractivity (Wildman–Crippen MR) is 135 cm³/mol. The molecule has 2 aromatic heterocycles. The van der Waals surface area contributed by atoms with Crippen LogP contribution >= 0.6 is 11.8 Å². The van der Waals surface area contributed by atoms with Crippen molar-refractivity contribution in [1.29, 1.82) is 0 Å². The van der Waals surface area contributed by atoms with Crippen molar-refractivity contribution in [2.75, 3.05) is 18.8 Å². The monoisotopic (exact) mass is 462 g/mol. The van der Waals surface area contributed by atoms with Gasteiger partial charge in [0.25, 0.3) is 0 Å². The number of thioether (sulfide) groups is 1. The summed E-state index contributed by atoms with van der Waals surface area (Å²) in [6, 6.07) is 15.2. The Kier molecular flexibility index (Phi) is 7.30. The number of pyridine rings is 1. The highest BCUT2D eigenvalue weighted by molar-refractivity contribution is 7.99. The molecule has 0 radical (unpaired) electrons. The summed E-state index contributed by atoms with van der Waals surface area (Å²) in [5, 5.41) is 0. The van der Waals surface area contributed by atoms with E-state index in [0.29, 0.717) is 17.7 Å². The summed E-state index contributed by atoms with van der Waals surface area (Å²) in [5.74, 6) is 3.34. The normalized spacial score (nSPS) is 18.1. The van der Waals surface area contributed by atoms with Crippen molar-refractivity contribution < 1.29 is 4.79 Å². The maximum Gasteiger partial charge on any atom is 0.232 e. The molecule has 0 atom stereocenters. The number of carbonyl (C=O) groups excluding carboxylic acids is 1. The summed E-state index contributed by atoms with van der Waals surface area (Å²) in [6.45, 7) is 1.78. The lowest BCUT2D eigenvalue weighted by molar-refractivity contribution is -0.129. The number of rotatable bonds is 7. The highest BCUT2D eigenvalue weighted by atomic mass is 32.2. The molecule has 1 aliphatic heterocycles. The van der Waals surface area contributed by atoms with Gasteiger partial charge < -0.3 is 9.47 Å². The zero-order chi connectivity index (χ0) is 22.5. The molecule has 5 rings (SSSR count). The average Bonchev–Trinajstić information content (AvgIpc) is 3.24. The SMILES string of the molecule is O=C(CSCc1nc2cccnc2n1C1CCCCC1)N1CCC(Cc2ccccc2)CC1. The smallest absolute Gasteiger partial charge is 0.232 e. The van der Waals surface area contributed by atoms with Gasteiger partial charge in [-0.25, -0.2) is 9.97 Å². The minimum atomic E-state index is 0.275. The number of benzene rings is 1. The lowest BCUT2D eigenvalue weighted by Gasteiger charge is -2.32. The minimum absolute atomic E-state index is 0.275. The maximum absolute atomic E-state index is 12.9. The lowest BCUT2D eigenvalue weighted by Crippen LogP contribution is -2.39. The quantitative estimate of drug-likeness (QED) is 0.455. The van der Waals surface area contributed by atoms with Gasteiger partial charge in [-0.1, -0.05) is 49.6 Å². The third-order valence-corrected chi connectivity index (χ3v) is 8.17. The Morgan fingerprint density at radius 2 is 1.76 bits per heavy atom. The van der Waals surface area contributed by atoms with Crippen LogP contribution in [-0.4, -0.2) is 44.2 Å². The van der Waals surface area contributed by atoms with E-state index in [1.54, 1.807) is 11.8 Å². The first-order valence-corrected chi connectivity index (χ1v) is 13.6. The van der Waals surface area contributed by atoms with Gasteiger partial charge in [-0.2, -0.15) is 0 Å². The lowest BCUT2D eigenvalue weighted by atomic mass is 9.90. The molecule has 174 valence electrons. The number of imidazole rings is 1. The molecule has 5 nitrogen and oxygen atoms in total. The second kappa shape index (κ2) is 10.7. The third kappa shape index (κ3) is 5.43. The molecule has 0 bridgehead atoms. The molecule has 1 saturated heterocycles. The summed E-state index contributed by atoms with van der Waals surface area (Å²) in [4.78, 5) is 24.5. The van der Waals surface area contributed by atoms with Gasteiger partial charge in [-0.15, -0.1) is 11.8 Å². The maximum atomic E-state index is 12.9. The Bertz CT molecular complexity index is 1050. The van der Waals surface area contributed by atoms with Crippen molar-refractivity contribution in [2.45, 2.75) is 63.2 Å². The fraction of sp³-hybridized carbons (Fsp3) is 0.519. The van der Waals surface area contributed by atoms with Crippen LogP contribution in [0.25, 0.3) is 11.2 Å². The molecular weight excluding hydrogens is 428 g/mol. The first-order valence-electron chi connectivity index (χ1n) is 12.5. The van der Waals surface area contributed by atoms with Gasteiger partial charge >= 0.3 is 0 Å². The van der Waals surface area contributed by atoms with Crippen LogP contribution in [0, 0.1) is 5.92 Å². The summed E-state index contributed by atoms with van der Waals surface area (Å²) < 4.78 is 2.38. The van der Waals surface area contributed by atoms with Crippen molar-refractivity contribution in [1.82, 2.24) is 19.4 Å². The molecule has 3 heterocycles. The Balaban J connectivity index is 1.15. The molecule has 2 aliphatic rings. The van der Waals surface area contributed by atoms with Crippen LogP contribution in [-0.2, 0) is 17.0 Å². The van der Waals surface area contributed by atoms with E-state index in [1.165, 1.54) is 37.7 Å². The molecule has 1 aromatic carbocycles. The van der Waals surface area contributed by atoms with E-state index in [-0.39, 0.29) is 5.91 Å². The van der Waals surface area contributed by atoms with Gasteiger partial charge in [0.15, 0.2) is 5.65 Å². The molecule has 0 spiro atoms. The summed E-state index contributed by atoms with van der Waals surface area (Å²) in [5.41, 5.74) is 3.39. The summed E-state index contributed by atoms with van der Waals surface area (Å²) in [7, 11) is 0. The van der Waals surface area contributed by atoms with Crippen LogP contribution in [0.3, 0.4) is 0 Å². The van der Waals surface area contributed by atoms with Crippen molar-refractivity contribution in [2.24, 2.45) is 5.92 Å². The van der Waals surface area contributed by atoms with Gasteiger partial charge in [-0.3, -0.25) is 4.79 Å². The highest BCUT2D eigenvalue weighted by Crippen LogP contribution is 2.33. The van der Waals surface area contributed by atoms with E-state index in [1.807, 2.05) is 12.3 Å². The fourth-order valence-corrected chi connectivity index (χ4v) is 6.30. The first-order chi connectivity index (χ1) is 16.3. The van der Waals surface area contributed by atoms with Gasteiger partial charge in [0.2, 0.25) is 5.91 Å². The zero-order valence-electron chi connectivity index (χ0n) is 19.4. The van der Waals surface area contributed by atoms with Gasteiger partial charge in [-0.05, 0) is 55.7 Å². The Labute approximate surface area is 201 Å². The summed E-state index contributed by atoms with van der Waals surface area (Å²) >= 11 is 1.70. The van der Waals surface area contributed by atoms with E-state index >= 15 is 0 Å². The number of nitrogens with zero attached hydrogens (tertiary/aromatic N) is 4. The number of fused-ring (bicyclic) bond motifs is 1. The van der Waals surface area contributed by atoms with Crippen LogP contribution < -0.4 is 0 Å². The molecule has 3 aromatic rings. The fourth-order valence-electron chi connectivity index (χ4n) is 5.46. The topological polar surface area (TPSA) is 51.0 Å². The number of hydrogen-bond acceptors (Lipinski definition) is 4. The van der Waals surface area contributed by atoms with Crippen LogP contribution in [0.15, 0.2) is 48.7 Å². The largest absolute Gasteiger partial charge is 0.342 e. The van der Waals surface area contributed by atoms with Crippen LogP contribution in [0.1, 0.15) is 62.4 Å². The Morgan fingerprint density at radius 3 is 2.55 bits per heavy atom. The predicted octanol–water partition coefficient (Wildman–Crippen LogP) is 5.65. The second-order valence-corrected chi connectivity index (χ2v) is 10.5. The molecule has 0 N–H and O–H groups in total. The van der Waals surface area contributed by atoms with Crippen molar-refractivity contribution >= 4 is 28.8 Å². The number of piperidine rings is 1. The Hall–Kier alpha value is -2.34. The average molecular weight is 463 g/mol. The van der Waals surface area contributed by atoms with Crippen molar-refractivity contribution in [3.05, 3.63) is 60.0 Å². The van der Waals surface area contributed by atoms with E-state index < -0.39 is 0 Å². The third-order valence-electron chi connectivity index (χ3n) is 7.25. The molecule has 33 heavy (non-hydrogen) atoms. The van der Waals surface area contributed by atoms with Crippen LogP contribution in [0.4, 0.5) is 0 Å². The van der Waals surface area contributed by atoms with Crippen molar-refractivity contribution in [3.8, 4) is 0 Å². The van der Waals surface area contributed by atoms with E-state index in [0.717, 1.165) is 55.1 Å². The van der Waals surface area contributed by atoms with E-state index in [2.05, 4.69) is 50.8 Å². The zero-order valence-corrected chi connectivity index (χ0v) is 20.2. The van der Waals surface area contributed by atoms with Gasteiger partial charge in [0, 0.05) is 25.3 Å². The number of aromatic nitrogens is 3. The van der Waals surface area contributed by atoms with Crippen LogP contribution in [0.2, 0.25) is 0 Å². The first kappa shape index (κ1) is 22.5. The molecule has 2 fully saturated rings. The number of carbonyl (C=O) groups is 1. The van der Waals surface area contributed by atoms with Crippen LogP contribution in [0.5, 0.6) is 0 Å². The van der Waals surface area contributed by atoms with Gasteiger partial charge in [0.1, 0.15) is 11.3 Å². The van der Waals surface area contributed by atoms with E-state index in [9.17, 15) is 4.79 Å². The molecule has 6 heteroatoms. The summed E-state index contributed by atoms with van der Waals surface area (Å²) in [6.07, 6.45) is 11.5. The minimum Gasteiger partial charge on any atom is -0.342 e. The van der Waals surface area contributed by atoms with E-state index in [4.69, 9.17) is 4.98 Å². The number of likely N-dealkylation sites (tertiary alicyclic amines) is 1. The standard InChI is InChI=1S/C27H34N4OS/c32-26(30-16-13-22(14-17-30)18-21-8-3-1-4-9-21)20-33-19-25-29-24-12-7-15-28-27(24)31(25)23-10-5-2-6-11-23/h1,3-4,7-9,12,15,22-23H,2,5-6,10-11,13-14,16-20H2. The molecular formula is C27H34N4OS. The second-order valence-electron chi connectivity index (χ2n) is 9.54. The molecule has 1 saturated carbocycles. The number of hydrogen-bond donors (Lipinski definition) is 0. The highest BCUT2D eigenvalue weighted by Gasteiger charge is 2.24. The van der Waals surface area contributed by atoms with Crippen molar-refractivity contribution in [3.63, 3.8) is 0 Å².